The van der Waals surface area contributed by atoms with Crippen LogP contribution in [-0.4, -0.2) is 45.7 Å². The van der Waals surface area contributed by atoms with E-state index in [2.05, 4.69) is 20.2 Å². The van der Waals surface area contributed by atoms with Gasteiger partial charge in [-0.05, 0) is 51.6 Å². The Morgan fingerprint density at radius 1 is 1.15 bits per heavy atom. The molecule has 1 aromatic rings. The maximum atomic E-state index is 12.2. The van der Waals surface area contributed by atoms with Crippen molar-refractivity contribution in [3.63, 3.8) is 0 Å². The van der Waals surface area contributed by atoms with Gasteiger partial charge >= 0.3 is 5.97 Å². The minimum absolute atomic E-state index is 0. The van der Waals surface area contributed by atoms with Crippen LogP contribution in [0.25, 0.3) is 0 Å². The fourth-order valence-electron chi connectivity index (χ4n) is 3.96. The van der Waals surface area contributed by atoms with E-state index in [1.54, 1.807) is 0 Å². The molecule has 0 spiro atoms. The molecule has 2 aliphatic rings. The summed E-state index contributed by atoms with van der Waals surface area (Å²) in [6.45, 7) is 2.06. The number of aryl methyl sites for hydroxylation is 1. The number of nitrogens with zero attached hydrogens (tertiary/aromatic N) is 2. The van der Waals surface area contributed by atoms with Crippen molar-refractivity contribution in [1.82, 2.24) is 20.2 Å². The standard InChI is InChI=1S/C18H28N4O3.2ClH/c23-17(21-14-3-1-13(2-4-14)18(24)25)6-5-16-20-11-12-22(16)15-7-9-19-10-8-15;;/h11-15,19H,1-10H2,(H,21,23)(H,24,25);2*1H. The highest BCUT2D eigenvalue weighted by Crippen LogP contribution is 2.24. The molecule has 0 aromatic carbocycles. The monoisotopic (exact) mass is 420 g/mol. The molecule has 1 aromatic heterocycles. The van der Waals surface area contributed by atoms with E-state index >= 15 is 0 Å². The first-order valence-electron chi connectivity index (χ1n) is 9.38. The van der Waals surface area contributed by atoms with Crippen LogP contribution in [0, 0.1) is 5.92 Å². The van der Waals surface area contributed by atoms with Crippen molar-refractivity contribution in [2.45, 2.75) is 63.5 Å². The van der Waals surface area contributed by atoms with Crippen molar-refractivity contribution in [2.24, 2.45) is 5.92 Å². The second-order valence-electron chi connectivity index (χ2n) is 7.19. The highest BCUT2D eigenvalue weighted by molar-refractivity contribution is 5.85. The topological polar surface area (TPSA) is 96.3 Å². The summed E-state index contributed by atoms with van der Waals surface area (Å²) in [5.74, 6) is 0.0652. The molecular weight excluding hydrogens is 391 g/mol. The summed E-state index contributed by atoms with van der Waals surface area (Å²) in [7, 11) is 0. The third-order valence-corrected chi connectivity index (χ3v) is 5.47. The summed E-state index contributed by atoms with van der Waals surface area (Å²) in [5, 5.41) is 15.5. The Balaban J connectivity index is 0.00000182. The number of imidazole rings is 1. The number of carbonyl (C=O) groups is 2. The van der Waals surface area contributed by atoms with Crippen molar-refractivity contribution in [3.05, 3.63) is 18.2 Å². The molecule has 1 saturated heterocycles. The predicted molar refractivity (Wildman–Crippen MR) is 108 cm³/mol. The number of nitrogens with one attached hydrogen (secondary N) is 2. The zero-order valence-electron chi connectivity index (χ0n) is 15.4. The fourth-order valence-corrected chi connectivity index (χ4v) is 3.96. The Kier molecular flexibility index (Phi) is 10.1. The minimum Gasteiger partial charge on any atom is -0.481 e. The maximum Gasteiger partial charge on any atom is 0.306 e. The van der Waals surface area contributed by atoms with Gasteiger partial charge in [-0.2, -0.15) is 0 Å². The fraction of sp³-hybridized carbons (Fsp3) is 0.722. The summed E-state index contributed by atoms with van der Waals surface area (Å²) < 4.78 is 2.23. The maximum absolute atomic E-state index is 12.2. The first-order chi connectivity index (χ1) is 12.1. The Morgan fingerprint density at radius 2 is 1.81 bits per heavy atom. The molecule has 7 nitrogen and oxygen atoms in total. The minimum atomic E-state index is -0.713. The Morgan fingerprint density at radius 3 is 2.44 bits per heavy atom. The summed E-state index contributed by atoms with van der Waals surface area (Å²) in [5.41, 5.74) is 0. The Hall–Kier alpha value is -1.31. The van der Waals surface area contributed by atoms with Gasteiger partial charge in [-0.3, -0.25) is 9.59 Å². The summed E-state index contributed by atoms with van der Waals surface area (Å²) in [6, 6.07) is 0.598. The molecule has 0 unspecified atom stereocenters. The number of amides is 1. The number of aromatic nitrogens is 2. The molecule has 2 fully saturated rings. The molecule has 27 heavy (non-hydrogen) atoms. The first kappa shape index (κ1) is 23.7. The molecule has 0 radical (unpaired) electrons. The van der Waals surface area contributed by atoms with Crippen LogP contribution in [0.15, 0.2) is 12.4 Å². The number of piperidine rings is 1. The lowest BCUT2D eigenvalue weighted by Gasteiger charge is -2.27. The van der Waals surface area contributed by atoms with Gasteiger partial charge in [0.25, 0.3) is 0 Å². The van der Waals surface area contributed by atoms with Gasteiger partial charge in [0.1, 0.15) is 5.82 Å². The number of aliphatic carboxylic acids is 1. The SMILES string of the molecule is Cl.Cl.O=C(CCc1nccn1C1CCNCC1)NC1CCC(C(=O)O)CC1. The van der Waals surface area contributed by atoms with Crippen molar-refractivity contribution in [2.75, 3.05) is 13.1 Å². The highest BCUT2D eigenvalue weighted by atomic mass is 35.5. The van der Waals surface area contributed by atoms with E-state index < -0.39 is 5.97 Å². The van der Waals surface area contributed by atoms with Crippen LogP contribution in [0.3, 0.4) is 0 Å². The van der Waals surface area contributed by atoms with E-state index in [1.165, 1.54) is 0 Å². The van der Waals surface area contributed by atoms with Gasteiger partial charge in [0, 0.05) is 37.3 Å². The second kappa shape index (κ2) is 11.5. The molecule has 9 heteroatoms. The lowest BCUT2D eigenvalue weighted by Crippen LogP contribution is -2.38. The van der Waals surface area contributed by atoms with E-state index in [1.807, 2.05) is 12.4 Å². The van der Waals surface area contributed by atoms with Gasteiger partial charge in [0.15, 0.2) is 0 Å². The zero-order valence-corrected chi connectivity index (χ0v) is 17.1. The lowest BCUT2D eigenvalue weighted by atomic mass is 9.86. The van der Waals surface area contributed by atoms with Crippen molar-refractivity contribution in [1.29, 1.82) is 0 Å². The van der Waals surface area contributed by atoms with E-state index in [0.717, 1.165) is 44.6 Å². The summed E-state index contributed by atoms with van der Waals surface area (Å²) >= 11 is 0. The molecule has 3 rings (SSSR count). The highest BCUT2D eigenvalue weighted by Gasteiger charge is 2.26. The van der Waals surface area contributed by atoms with E-state index in [0.29, 0.717) is 31.7 Å². The number of hydrogen-bond acceptors (Lipinski definition) is 4. The van der Waals surface area contributed by atoms with Crippen LogP contribution in [0.2, 0.25) is 0 Å². The van der Waals surface area contributed by atoms with Gasteiger partial charge in [-0.15, -0.1) is 24.8 Å². The van der Waals surface area contributed by atoms with Crippen molar-refractivity contribution in [3.8, 4) is 0 Å². The quantitative estimate of drug-likeness (QED) is 0.655. The lowest BCUT2D eigenvalue weighted by molar-refractivity contribution is -0.142. The number of carboxylic acids is 1. The number of halogens is 2. The van der Waals surface area contributed by atoms with Crippen LogP contribution in [0.4, 0.5) is 0 Å². The predicted octanol–water partition coefficient (Wildman–Crippen LogP) is 2.34. The first-order valence-corrected chi connectivity index (χ1v) is 9.38. The van der Waals surface area contributed by atoms with Gasteiger partial charge in [0.2, 0.25) is 5.91 Å². The largest absolute Gasteiger partial charge is 0.481 e. The molecule has 0 bridgehead atoms. The third kappa shape index (κ3) is 6.66. The van der Waals surface area contributed by atoms with Crippen LogP contribution in [-0.2, 0) is 16.0 Å². The molecule has 1 amide bonds. The van der Waals surface area contributed by atoms with E-state index in [4.69, 9.17) is 5.11 Å². The summed E-state index contributed by atoms with van der Waals surface area (Å²) in [4.78, 5) is 27.7. The number of rotatable bonds is 6. The number of carbonyl (C=O) groups excluding carboxylic acids is 1. The normalized spacial score (nSPS) is 23.0. The van der Waals surface area contributed by atoms with Gasteiger partial charge in [-0.25, -0.2) is 4.98 Å². The number of carboxylic acid groups (broad SMARTS) is 1. The Labute approximate surface area is 172 Å². The van der Waals surface area contributed by atoms with E-state index in [-0.39, 0.29) is 42.7 Å². The Bertz CT molecular complexity index is 597. The van der Waals surface area contributed by atoms with Gasteiger partial charge in [0.05, 0.1) is 5.92 Å². The average molecular weight is 421 g/mol. The second-order valence-corrected chi connectivity index (χ2v) is 7.19. The smallest absolute Gasteiger partial charge is 0.306 e. The van der Waals surface area contributed by atoms with Crippen LogP contribution < -0.4 is 10.6 Å². The zero-order chi connectivity index (χ0) is 17.6. The molecule has 2 heterocycles. The summed E-state index contributed by atoms with van der Waals surface area (Å²) in [6.07, 6.45) is 9.94. The van der Waals surface area contributed by atoms with Crippen LogP contribution in [0.1, 0.15) is 56.8 Å². The molecule has 3 N–H and O–H groups in total. The van der Waals surface area contributed by atoms with Crippen molar-refractivity contribution < 1.29 is 14.7 Å². The van der Waals surface area contributed by atoms with Crippen LogP contribution >= 0.6 is 24.8 Å². The third-order valence-electron chi connectivity index (χ3n) is 5.47. The van der Waals surface area contributed by atoms with E-state index in [9.17, 15) is 9.59 Å². The van der Waals surface area contributed by atoms with Gasteiger partial charge < -0.3 is 20.3 Å². The van der Waals surface area contributed by atoms with Crippen molar-refractivity contribution >= 4 is 36.7 Å². The molecular formula is C18H30Cl2N4O3. The molecule has 0 atom stereocenters. The number of hydrogen-bond donors (Lipinski definition) is 3. The molecule has 1 aliphatic heterocycles. The molecule has 1 aliphatic carbocycles. The molecule has 154 valence electrons. The average Bonchev–Trinajstić information content (AvgIpc) is 3.10. The van der Waals surface area contributed by atoms with Crippen LogP contribution in [0.5, 0.6) is 0 Å². The molecule has 1 saturated carbocycles. The van der Waals surface area contributed by atoms with Gasteiger partial charge in [-0.1, -0.05) is 0 Å².